The molecule has 0 amide bonds. The van der Waals surface area contributed by atoms with Gasteiger partial charge in [0.1, 0.15) is 5.76 Å². The summed E-state index contributed by atoms with van der Waals surface area (Å²) in [5.74, 6) is 0.603. The Balaban J connectivity index is 2.12. The van der Waals surface area contributed by atoms with E-state index in [9.17, 15) is 8.42 Å². The van der Waals surface area contributed by atoms with Crippen molar-refractivity contribution in [3.05, 3.63) is 59.0 Å². The maximum atomic E-state index is 12.6. The van der Waals surface area contributed by atoms with Crippen molar-refractivity contribution in [1.29, 1.82) is 0 Å². The van der Waals surface area contributed by atoms with Crippen molar-refractivity contribution in [2.24, 2.45) is 0 Å². The molecule has 2 aromatic rings. The topological polar surface area (TPSA) is 53.8 Å². The van der Waals surface area contributed by atoms with Crippen LogP contribution in [0.1, 0.15) is 24.3 Å². The molecule has 0 spiro atoms. The molecule has 22 heavy (non-hydrogen) atoms. The van der Waals surface area contributed by atoms with Gasteiger partial charge in [-0.05, 0) is 36.8 Å². The largest absolute Gasteiger partial charge is 0.468 e. The monoisotopic (exact) mass is 342 g/mol. The van der Waals surface area contributed by atoms with Gasteiger partial charge < -0.3 is 4.42 Å². The van der Waals surface area contributed by atoms with Crippen molar-refractivity contribution in [3.8, 4) is 0 Å². The molecule has 0 aliphatic heterocycles. The van der Waals surface area contributed by atoms with Crippen LogP contribution in [0.15, 0.2) is 47.1 Å². The maximum absolute atomic E-state index is 12.6. The molecule has 7 heteroatoms. The van der Waals surface area contributed by atoms with Crippen molar-refractivity contribution in [2.75, 3.05) is 14.1 Å². The molecule has 2 rings (SSSR count). The van der Waals surface area contributed by atoms with Crippen molar-refractivity contribution in [3.63, 3.8) is 0 Å². The summed E-state index contributed by atoms with van der Waals surface area (Å²) in [5, 5.41) is 0.623. The fraction of sp³-hybridized carbons (Fsp3) is 0.333. The minimum atomic E-state index is -3.60. The van der Waals surface area contributed by atoms with Gasteiger partial charge in [-0.3, -0.25) is 0 Å². The highest BCUT2D eigenvalue weighted by molar-refractivity contribution is 7.86. The Hall–Kier alpha value is -1.34. The minimum Gasteiger partial charge on any atom is -0.468 e. The Morgan fingerprint density at radius 3 is 2.36 bits per heavy atom. The van der Waals surface area contributed by atoms with Crippen LogP contribution in [-0.2, 0) is 16.8 Å². The van der Waals surface area contributed by atoms with E-state index in [1.807, 2.05) is 12.1 Å². The third-order valence-corrected chi connectivity index (χ3v) is 5.79. The minimum absolute atomic E-state index is 0.273. The molecule has 1 aromatic heterocycles. The molecule has 0 radical (unpaired) electrons. The molecule has 0 saturated carbocycles. The molecule has 1 atom stereocenters. The molecule has 0 aliphatic carbocycles. The van der Waals surface area contributed by atoms with Crippen LogP contribution in [0, 0.1) is 0 Å². The van der Waals surface area contributed by atoms with Crippen molar-refractivity contribution in [1.82, 2.24) is 8.61 Å². The van der Waals surface area contributed by atoms with Gasteiger partial charge in [-0.1, -0.05) is 23.7 Å². The first-order valence-corrected chi connectivity index (χ1v) is 8.57. The van der Waals surface area contributed by atoms with Crippen LogP contribution in [0.4, 0.5) is 0 Å². The summed E-state index contributed by atoms with van der Waals surface area (Å²) in [6, 6.07) is 10.2. The van der Waals surface area contributed by atoms with E-state index in [2.05, 4.69) is 0 Å². The van der Waals surface area contributed by atoms with E-state index in [-0.39, 0.29) is 12.6 Å². The standard InChI is InChI=1S/C15H19ClN2O3S/c1-12(15-5-4-10-21-15)18(3)22(19,20)17(2)11-13-6-8-14(16)9-7-13/h4-10,12H,11H2,1-3H3/t12-/m0/s1. The molecule has 1 aromatic carbocycles. The van der Waals surface area contributed by atoms with E-state index in [1.165, 1.54) is 14.9 Å². The van der Waals surface area contributed by atoms with E-state index < -0.39 is 10.2 Å². The highest BCUT2D eigenvalue weighted by Gasteiger charge is 2.29. The number of benzene rings is 1. The molecule has 120 valence electrons. The lowest BCUT2D eigenvalue weighted by Crippen LogP contribution is -2.40. The Kier molecular flexibility index (Phi) is 5.28. The predicted octanol–water partition coefficient (Wildman–Crippen LogP) is 3.30. The quantitative estimate of drug-likeness (QED) is 0.809. The normalized spacial score (nSPS) is 13.7. The molecule has 0 N–H and O–H groups in total. The Morgan fingerprint density at radius 2 is 1.82 bits per heavy atom. The highest BCUT2D eigenvalue weighted by Crippen LogP contribution is 2.24. The summed E-state index contributed by atoms with van der Waals surface area (Å²) < 4.78 is 33.1. The van der Waals surface area contributed by atoms with Crippen LogP contribution >= 0.6 is 11.6 Å². The van der Waals surface area contributed by atoms with E-state index in [0.717, 1.165) is 5.56 Å². The van der Waals surface area contributed by atoms with Crippen LogP contribution in [0.2, 0.25) is 5.02 Å². The number of hydrogen-bond donors (Lipinski definition) is 0. The Bertz CT molecular complexity index is 699. The van der Waals surface area contributed by atoms with Gasteiger partial charge in [0.2, 0.25) is 0 Å². The molecule has 1 heterocycles. The van der Waals surface area contributed by atoms with Crippen LogP contribution in [0.25, 0.3) is 0 Å². The summed E-state index contributed by atoms with van der Waals surface area (Å²) in [7, 11) is -0.505. The van der Waals surface area contributed by atoms with Gasteiger partial charge in [0.05, 0.1) is 12.3 Å². The van der Waals surface area contributed by atoms with E-state index >= 15 is 0 Å². The second kappa shape index (κ2) is 6.83. The average molecular weight is 343 g/mol. The van der Waals surface area contributed by atoms with Crippen LogP contribution in [-0.4, -0.2) is 31.1 Å². The zero-order valence-corrected chi connectivity index (χ0v) is 14.3. The smallest absolute Gasteiger partial charge is 0.282 e. The van der Waals surface area contributed by atoms with E-state index in [0.29, 0.717) is 10.8 Å². The molecule has 0 aliphatic rings. The van der Waals surface area contributed by atoms with Crippen molar-refractivity contribution < 1.29 is 12.8 Å². The number of halogens is 1. The average Bonchev–Trinajstić information content (AvgIpc) is 3.02. The zero-order valence-electron chi connectivity index (χ0n) is 12.7. The number of rotatable bonds is 6. The van der Waals surface area contributed by atoms with Crippen LogP contribution in [0.5, 0.6) is 0 Å². The van der Waals surface area contributed by atoms with Gasteiger partial charge in [-0.15, -0.1) is 0 Å². The van der Waals surface area contributed by atoms with Crippen LogP contribution < -0.4 is 0 Å². The van der Waals surface area contributed by atoms with Gasteiger partial charge in [0, 0.05) is 25.7 Å². The van der Waals surface area contributed by atoms with Gasteiger partial charge in [0.15, 0.2) is 0 Å². The van der Waals surface area contributed by atoms with E-state index in [1.54, 1.807) is 45.3 Å². The number of furan rings is 1. The second-order valence-corrected chi connectivity index (χ2v) is 7.63. The van der Waals surface area contributed by atoms with Gasteiger partial charge in [0.25, 0.3) is 10.2 Å². The first-order valence-electron chi connectivity index (χ1n) is 6.79. The molecule has 0 unspecified atom stereocenters. The molecule has 0 fully saturated rings. The number of nitrogens with zero attached hydrogens (tertiary/aromatic N) is 2. The third kappa shape index (κ3) is 3.70. The predicted molar refractivity (Wildman–Crippen MR) is 86.7 cm³/mol. The lowest BCUT2D eigenvalue weighted by Gasteiger charge is -2.28. The van der Waals surface area contributed by atoms with Gasteiger partial charge >= 0.3 is 0 Å². The van der Waals surface area contributed by atoms with Crippen molar-refractivity contribution >= 4 is 21.8 Å². The van der Waals surface area contributed by atoms with Crippen molar-refractivity contribution in [2.45, 2.75) is 19.5 Å². The van der Waals surface area contributed by atoms with Gasteiger partial charge in [-0.25, -0.2) is 0 Å². The molecular weight excluding hydrogens is 324 g/mol. The summed E-state index contributed by atoms with van der Waals surface area (Å²) in [4.78, 5) is 0. The lowest BCUT2D eigenvalue weighted by molar-refractivity contribution is 0.312. The summed E-state index contributed by atoms with van der Waals surface area (Å²) in [5.41, 5.74) is 0.870. The summed E-state index contributed by atoms with van der Waals surface area (Å²) in [6.07, 6.45) is 1.53. The third-order valence-electron chi connectivity index (χ3n) is 3.58. The molecule has 0 bridgehead atoms. The molecular formula is C15H19ClN2O3S. The van der Waals surface area contributed by atoms with Crippen LogP contribution in [0.3, 0.4) is 0 Å². The summed E-state index contributed by atoms with van der Waals surface area (Å²) in [6.45, 7) is 2.06. The van der Waals surface area contributed by atoms with Gasteiger partial charge in [-0.2, -0.15) is 17.0 Å². The summed E-state index contributed by atoms with van der Waals surface area (Å²) >= 11 is 5.84. The fourth-order valence-corrected chi connectivity index (χ4v) is 3.44. The second-order valence-electron chi connectivity index (χ2n) is 5.10. The molecule has 0 saturated heterocycles. The maximum Gasteiger partial charge on any atom is 0.282 e. The first-order chi connectivity index (χ1) is 10.3. The Morgan fingerprint density at radius 1 is 1.18 bits per heavy atom. The Labute approximate surface area is 136 Å². The fourth-order valence-electron chi connectivity index (χ4n) is 2.06. The highest BCUT2D eigenvalue weighted by atomic mass is 35.5. The lowest BCUT2D eigenvalue weighted by atomic mass is 10.2. The van der Waals surface area contributed by atoms with E-state index in [4.69, 9.17) is 16.0 Å². The number of hydrogen-bond acceptors (Lipinski definition) is 3. The zero-order chi connectivity index (χ0) is 16.3. The SMILES string of the molecule is C[C@@H](c1ccco1)N(C)S(=O)(=O)N(C)Cc1ccc(Cl)cc1. The molecule has 5 nitrogen and oxygen atoms in total. The first kappa shape index (κ1) is 17.0.